The van der Waals surface area contributed by atoms with Gasteiger partial charge in [-0.05, 0) is 24.3 Å². The van der Waals surface area contributed by atoms with Crippen LogP contribution in [0, 0.1) is 0 Å². The maximum Gasteiger partial charge on any atom is 0.289 e. The topological polar surface area (TPSA) is 62.7 Å². The van der Waals surface area contributed by atoms with Crippen LogP contribution >= 0.6 is 0 Å². The smallest absolute Gasteiger partial charge is 0.289 e. The molecule has 6 heteroatoms. The minimum Gasteiger partial charge on any atom is -0.464 e. The van der Waals surface area contributed by atoms with Crippen molar-refractivity contribution in [3.05, 3.63) is 48.7 Å². The summed E-state index contributed by atoms with van der Waals surface area (Å²) in [5.41, 5.74) is 0.832. The molecule has 4 heterocycles. The number of amides is 1. The molecule has 0 bridgehead atoms. The summed E-state index contributed by atoms with van der Waals surface area (Å²) >= 11 is 0. The Morgan fingerprint density at radius 1 is 1.05 bits per heavy atom. The fourth-order valence-electron chi connectivity index (χ4n) is 2.81. The Morgan fingerprint density at radius 3 is 2.68 bits per heavy atom. The van der Waals surface area contributed by atoms with Gasteiger partial charge in [0.1, 0.15) is 11.4 Å². The second kappa shape index (κ2) is 5.22. The first-order valence-electron chi connectivity index (χ1n) is 7.23. The highest BCUT2D eigenvalue weighted by Gasteiger charge is 2.25. The van der Waals surface area contributed by atoms with Crippen molar-refractivity contribution in [1.29, 1.82) is 0 Å². The van der Waals surface area contributed by atoms with Gasteiger partial charge in [-0.1, -0.05) is 0 Å². The number of anilines is 1. The van der Waals surface area contributed by atoms with E-state index in [1.54, 1.807) is 24.6 Å². The van der Waals surface area contributed by atoms with Crippen molar-refractivity contribution < 1.29 is 13.6 Å². The molecule has 0 radical (unpaired) electrons. The molecule has 0 aromatic carbocycles. The molecule has 1 aliphatic heterocycles. The van der Waals surface area contributed by atoms with E-state index in [4.69, 9.17) is 8.83 Å². The molecular formula is C16H15N3O3. The zero-order chi connectivity index (χ0) is 14.9. The minimum atomic E-state index is -0.0564. The van der Waals surface area contributed by atoms with Crippen LogP contribution < -0.4 is 4.90 Å². The van der Waals surface area contributed by atoms with Gasteiger partial charge in [-0.3, -0.25) is 4.79 Å². The van der Waals surface area contributed by atoms with Gasteiger partial charge in [0.15, 0.2) is 5.76 Å². The van der Waals surface area contributed by atoms with Crippen molar-refractivity contribution in [1.82, 2.24) is 9.88 Å². The quantitative estimate of drug-likeness (QED) is 0.726. The number of carbonyl (C=O) groups is 1. The number of furan rings is 2. The molecule has 1 aliphatic rings. The van der Waals surface area contributed by atoms with Crippen molar-refractivity contribution in [2.24, 2.45) is 0 Å². The number of carbonyl (C=O) groups excluding carboxylic acids is 1. The number of pyridine rings is 1. The zero-order valence-corrected chi connectivity index (χ0v) is 11.9. The maximum absolute atomic E-state index is 12.3. The second-order valence-corrected chi connectivity index (χ2v) is 5.22. The first-order chi connectivity index (χ1) is 10.8. The van der Waals surface area contributed by atoms with Crippen molar-refractivity contribution in [2.45, 2.75) is 0 Å². The molecule has 0 N–H and O–H groups in total. The number of aromatic nitrogens is 1. The van der Waals surface area contributed by atoms with E-state index in [9.17, 15) is 4.79 Å². The van der Waals surface area contributed by atoms with Crippen LogP contribution in [0.25, 0.3) is 11.0 Å². The van der Waals surface area contributed by atoms with Crippen LogP contribution in [0.1, 0.15) is 10.6 Å². The first-order valence-corrected chi connectivity index (χ1v) is 7.23. The molecule has 4 rings (SSSR count). The summed E-state index contributed by atoms with van der Waals surface area (Å²) in [4.78, 5) is 20.7. The Balaban J connectivity index is 1.50. The predicted octanol–water partition coefficient (Wildman–Crippen LogP) is 2.38. The average molecular weight is 297 g/mol. The molecule has 0 spiro atoms. The molecule has 112 valence electrons. The predicted molar refractivity (Wildman–Crippen MR) is 80.8 cm³/mol. The number of hydrogen-bond donors (Lipinski definition) is 0. The lowest BCUT2D eigenvalue weighted by atomic mass is 10.2. The summed E-state index contributed by atoms with van der Waals surface area (Å²) < 4.78 is 10.6. The SMILES string of the molecule is O=C(c1ccco1)N1CCN(c2nccc3occc23)CC1. The molecule has 1 amide bonds. The summed E-state index contributed by atoms with van der Waals surface area (Å²) in [5.74, 6) is 1.25. The molecular weight excluding hydrogens is 282 g/mol. The van der Waals surface area contributed by atoms with E-state index in [1.165, 1.54) is 6.26 Å². The standard InChI is InChI=1S/C16H15N3O3/c20-16(14-2-1-10-21-14)19-8-6-18(7-9-19)15-12-4-11-22-13(12)3-5-17-15/h1-5,10-11H,6-9H2. The van der Waals surface area contributed by atoms with E-state index >= 15 is 0 Å². The lowest BCUT2D eigenvalue weighted by Gasteiger charge is -2.35. The van der Waals surface area contributed by atoms with E-state index in [0.717, 1.165) is 29.9 Å². The molecule has 1 fully saturated rings. The highest BCUT2D eigenvalue weighted by molar-refractivity contribution is 5.92. The van der Waals surface area contributed by atoms with Crippen LogP contribution in [0.5, 0.6) is 0 Å². The van der Waals surface area contributed by atoms with E-state index < -0.39 is 0 Å². The maximum atomic E-state index is 12.3. The third-order valence-electron chi connectivity index (χ3n) is 3.96. The van der Waals surface area contributed by atoms with E-state index in [2.05, 4.69) is 9.88 Å². The Kier molecular flexibility index (Phi) is 3.07. The molecule has 0 saturated carbocycles. The van der Waals surface area contributed by atoms with Crippen LogP contribution in [-0.4, -0.2) is 42.0 Å². The molecule has 0 unspecified atom stereocenters. The van der Waals surface area contributed by atoms with E-state index in [0.29, 0.717) is 18.8 Å². The molecule has 0 aliphatic carbocycles. The van der Waals surface area contributed by atoms with Crippen LogP contribution in [-0.2, 0) is 0 Å². The van der Waals surface area contributed by atoms with E-state index in [-0.39, 0.29) is 5.91 Å². The van der Waals surface area contributed by atoms with Crippen molar-refractivity contribution >= 4 is 22.7 Å². The Labute approximate surface area is 126 Å². The highest BCUT2D eigenvalue weighted by atomic mass is 16.3. The largest absolute Gasteiger partial charge is 0.464 e. The van der Waals surface area contributed by atoms with Gasteiger partial charge in [-0.2, -0.15) is 0 Å². The van der Waals surface area contributed by atoms with Gasteiger partial charge in [0.25, 0.3) is 5.91 Å². The lowest BCUT2D eigenvalue weighted by Crippen LogP contribution is -2.49. The van der Waals surface area contributed by atoms with Gasteiger partial charge in [-0.25, -0.2) is 4.98 Å². The van der Waals surface area contributed by atoms with Gasteiger partial charge in [0, 0.05) is 32.4 Å². The molecule has 3 aromatic heterocycles. The third-order valence-corrected chi connectivity index (χ3v) is 3.96. The molecule has 1 saturated heterocycles. The van der Waals surface area contributed by atoms with Crippen LogP contribution in [0.2, 0.25) is 0 Å². The van der Waals surface area contributed by atoms with Crippen LogP contribution in [0.3, 0.4) is 0 Å². The summed E-state index contributed by atoms with van der Waals surface area (Å²) in [6, 6.07) is 7.21. The number of nitrogens with zero attached hydrogens (tertiary/aromatic N) is 3. The number of hydrogen-bond acceptors (Lipinski definition) is 5. The second-order valence-electron chi connectivity index (χ2n) is 5.22. The number of rotatable bonds is 2. The van der Waals surface area contributed by atoms with Crippen molar-refractivity contribution in [2.75, 3.05) is 31.1 Å². The summed E-state index contributed by atoms with van der Waals surface area (Å²) in [5, 5.41) is 1.01. The minimum absolute atomic E-state index is 0.0564. The monoisotopic (exact) mass is 297 g/mol. The number of fused-ring (bicyclic) bond motifs is 1. The molecule has 22 heavy (non-hydrogen) atoms. The normalized spacial score (nSPS) is 15.5. The van der Waals surface area contributed by atoms with Crippen molar-refractivity contribution in [3.8, 4) is 0 Å². The van der Waals surface area contributed by atoms with E-state index in [1.807, 2.05) is 17.0 Å². The zero-order valence-electron chi connectivity index (χ0n) is 11.9. The summed E-state index contributed by atoms with van der Waals surface area (Å²) in [6.07, 6.45) is 4.95. The fourth-order valence-corrected chi connectivity index (χ4v) is 2.81. The van der Waals surface area contributed by atoms with Gasteiger partial charge in [-0.15, -0.1) is 0 Å². The molecule has 0 atom stereocenters. The average Bonchev–Trinajstić information content (AvgIpc) is 3.25. The molecule has 3 aromatic rings. The van der Waals surface area contributed by atoms with Crippen LogP contribution in [0.15, 0.2) is 51.8 Å². The highest BCUT2D eigenvalue weighted by Crippen LogP contribution is 2.26. The Bertz CT molecular complexity index is 786. The Morgan fingerprint density at radius 2 is 1.91 bits per heavy atom. The number of piperazine rings is 1. The lowest BCUT2D eigenvalue weighted by molar-refractivity contribution is 0.0714. The van der Waals surface area contributed by atoms with Gasteiger partial charge >= 0.3 is 0 Å². The van der Waals surface area contributed by atoms with Gasteiger partial charge < -0.3 is 18.6 Å². The first kappa shape index (κ1) is 12.9. The summed E-state index contributed by atoms with van der Waals surface area (Å²) in [7, 11) is 0. The van der Waals surface area contributed by atoms with Gasteiger partial charge in [0.2, 0.25) is 0 Å². The molecule has 6 nitrogen and oxygen atoms in total. The third kappa shape index (κ3) is 2.13. The van der Waals surface area contributed by atoms with Crippen LogP contribution in [0.4, 0.5) is 5.82 Å². The fraction of sp³-hybridized carbons (Fsp3) is 0.250. The summed E-state index contributed by atoms with van der Waals surface area (Å²) in [6.45, 7) is 2.78. The van der Waals surface area contributed by atoms with Gasteiger partial charge in [0.05, 0.1) is 17.9 Å². The van der Waals surface area contributed by atoms with Crippen molar-refractivity contribution in [3.63, 3.8) is 0 Å². The Hall–Kier alpha value is -2.76.